The third kappa shape index (κ3) is 4.02. The van der Waals surface area contributed by atoms with E-state index < -0.39 is 0 Å². The van der Waals surface area contributed by atoms with Gasteiger partial charge >= 0.3 is 0 Å². The quantitative estimate of drug-likeness (QED) is 0.732. The van der Waals surface area contributed by atoms with Gasteiger partial charge in [0.25, 0.3) is 0 Å². The standard InChI is InChI=1S/C17H27N3O/c1-21-11-10-19(14-16-4-2-3-7-18-16)8-9-20-13-15-5-6-17(20)12-15/h2-4,7,15,17H,5-6,8-14H2,1H3/t15-,17+/m0/s1. The maximum atomic E-state index is 5.26. The summed E-state index contributed by atoms with van der Waals surface area (Å²) in [6, 6.07) is 7.02. The molecule has 1 aliphatic carbocycles. The summed E-state index contributed by atoms with van der Waals surface area (Å²) in [5.41, 5.74) is 1.15. The fourth-order valence-corrected chi connectivity index (χ4v) is 3.78. The van der Waals surface area contributed by atoms with E-state index in [4.69, 9.17) is 4.74 Å². The van der Waals surface area contributed by atoms with Gasteiger partial charge in [0.1, 0.15) is 0 Å². The average Bonchev–Trinajstić information content (AvgIpc) is 3.14. The van der Waals surface area contributed by atoms with Gasteiger partial charge in [0.2, 0.25) is 0 Å². The molecule has 3 rings (SSSR count). The van der Waals surface area contributed by atoms with Crippen LogP contribution in [0.1, 0.15) is 25.0 Å². The van der Waals surface area contributed by atoms with E-state index in [0.29, 0.717) is 0 Å². The molecule has 116 valence electrons. The van der Waals surface area contributed by atoms with Crippen molar-refractivity contribution in [2.75, 3.05) is 39.9 Å². The molecule has 0 spiro atoms. The van der Waals surface area contributed by atoms with Crippen molar-refractivity contribution in [1.82, 2.24) is 14.8 Å². The molecule has 2 bridgehead atoms. The zero-order valence-corrected chi connectivity index (χ0v) is 13.1. The van der Waals surface area contributed by atoms with Crippen molar-refractivity contribution in [3.8, 4) is 0 Å². The third-order valence-corrected chi connectivity index (χ3v) is 4.95. The highest BCUT2D eigenvalue weighted by atomic mass is 16.5. The van der Waals surface area contributed by atoms with Crippen molar-refractivity contribution in [3.63, 3.8) is 0 Å². The Morgan fingerprint density at radius 2 is 2.29 bits per heavy atom. The van der Waals surface area contributed by atoms with Crippen LogP contribution in [-0.4, -0.2) is 60.7 Å². The summed E-state index contributed by atoms with van der Waals surface area (Å²) in [7, 11) is 1.78. The molecule has 0 N–H and O–H groups in total. The van der Waals surface area contributed by atoms with Crippen molar-refractivity contribution in [2.45, 2.75) is 31.8 Å². The van der Waals surface area contributed by atoms with E-state index in [0.717, 1.165) is 43.9 Å². The number of aromatic nitrogens is 1. The van der Waals surface area contributed by atoms with Gasteiger partial charge in [-0.05, 0) is 37.3 Å². The maximum Gasteiger partial charge on any atom is 0.0589 e. The number of fused-ring (bicyclic) bond motifs is 2. The van der Waals surface area contributed by atoms with Crippen LogP contribution in [0.3, 0.4) is 0 Å². The number of likely N-dealkylation sites (tertiary alicyclic amines) is 1. The van der Waals surface area contributed by atoms with Crippen molar-refractivity contribution < 1.29 is 4.74 Å². The van der Waals surface area contributed by atoms with Gasteiger partial charge in [0.15, 0.2) is 0 Å². The van der Waals surface area contributed by atoms with E-state index in [2.05, 4.69) is 26.9 Å². The Bertz CT molecular complexity index is 425. The lowest BCUT2D eigenvalue weighted by molar-refractivity contribution is 0.123. The van der Waals surface area contributed by atoms with Crippen molar-refractivity contribution in [3.05, 3.63) is 30.1 Å². The van der Waals surface area contributed by atoms with Crippen LogP contribution in [0, 0.1) is 5.92 Å². The fourth-order valence-electron chi connectivity index (χ4n) is 3.78. The van der Waals surface area contributed by atoms with E-state index in [1.54, 1.807) is 7.11 Å². The molecule has 1 saturated heterocycles. The number of ether oxygens (including phenoxy) is 1. The summed E-state index contributed by atoms with van der Waals surface area (Å²) in [6.07, 6.45) is 6.20. The van der Waals surface area contributed by atoms with Gasteiger partial charge in [-0.1, -0.05) is 6.07 Å². The van der Waals surface area contributed by atoms with Crippen LogP contribution in [0.15, 0.2) is 24.4 Å². The largest absolute Gasteiger partial charge is 0.383 e. The van der Waals surface area contributed by atoms with E-state index in [9.17, 15) is 0 Å². The number of pyridine rings is 1. The van der Waals surface area contributed by atoms with Crippen LogP contribution in [0.4, 0.5) is 0 Å². The molecule has 1 saturated carbocycles. The Kier molecular flexibility index (Phi) is 5.22. The molecule has 4 nitrogen and oxygen atoms in total. The van der Waals surface area contributed by atoms with Gasteiger partial charge in [0, 0.05) is 52.1 Å². The molecular formula is C17H27N3O. The summed E-state index contributed by atoms with van der Waals surface area (Å²) in [5, 5.41) is 0. The molecule has 1 aliphatic heterocycles. The highest BCUT2D eigenvalue weighted by Crippen LogP contribution is 2.36. The Morgan fingerprint density at radius 3 is 2.95 bits per heavy atom. The number of piperidine rings is 1. The third-order valence-electron chi connectivity index (χ3n) is 4.95. The van der Waals surface area contributed by atoms with Gasteiger partial charge in [-0.25, -0.2) is 0 Å². The topological polar surface area (TPSA) is 28.6 Å². The maximum absolute atomic E-state index is 5.26. The molecule has 0 amide bonds. The van der Waals surface area contributed by atoms with Crippen molar-refractivity contribution >= 4 is 0 Å². The predicted octanol–water partition coefficient (Wildman–Crippen LogP) is 2.01. The Morgan fingerprint density at radius 1 is 1.33 bits per heavy atom. The van der Waals surface area contributed by atoms with Gasteiger partial charge in [-0.15, -0.1) is 0 Å². The number of hydrogen-bond acceptors (Lipinski definition) is 4. The minimum Gasteiger partial charge on any atom is -0.383 e. The number of rotatable bonds is 8. The van der Waals surface area contributed by atoms with Crippen LogP contribution >= 0.6 is 0 Å². The molecule has 2 atom stereocenters. The van der Waals surface area contributed by atoms with Crippen molar-refractivity contribution in [2.24, 2.45) is 5.92 Å². The van der Waals surface area contributed by atoms with Crippen LogP contribution in [0.2, 0.25) is 0 Å². The molecule has 0 aromatic carbocycles. The highest BCUT2D eigenvalue weighted by molar-refractivity contribution is 5.03. The first kappa shape index (κ1) is 14.9. The predicted molar refractivity (Wildman–Crippen MR) is 84.1 cm³/mol. The zero-order chi connectivity index (χ0) is 14.5. The molecule has 2 fully saturated rings. The molecular weight excluding hydrogens is 262 g/mol. The minimum absolute atomic E-state index is 0.791. The summed E-state index contributed by atoms with van der Waals surface area (Å²) in [4.78, 5) is 9.62. The lowest BCUT2D eigenvalue weighted by Crippen LogP contribution is -2.40. The highest BCUT2D eigenvalue weighted by Gasteiger charge is 2.37. The molecule has 4 heteroatoms. The molecule has 1 aromatic heterocycles. The normalized spacial score (nSPS) is 25.0. The Labute approximate surface area is 128 Å². The Balaban J connectivity index is 1.50. The van der Waals surface area contributed by atoms with E-state index >= 15 is 0 Å². The van der Waals surface area contributed by atoms with Crippen LogP contribution in [-0.2, 0) is 11.3 Å². The Hall–Kier alpha value is -0.970. The van der Waals surface area contributed by atoms with Crippen LogP contribution < -0.4 is 0 Å². The van der Waals surface area contributed by atoms with Gasteiger partial charge in [0.05, 0.1) is 12.3 Å². The molecule has 0 unspecified atom stereocenters. The summed E-state index contributed by atoms with van der Waals surface area (Å²) < 4.78 is 5.26. The first-order valence-electron chi connectivity index (χ1n) is 8.20. The second kappa shape index (κ2) is 7.34. The van der Waals surface area contributed by atoms with Crippen molar-refractivity contribution in [1.29, 1.82) is 0 Å². The first-order chi connectivity index (χ1) is 10.3. The lowest BCUT2D eigenvalue weighted by atomic mass is 10.1. The lowest BCUT2D eigenvalue weighted by Gasteiger charge is -2.30. The summed E-state index contributed by atoms with van der Waals surface area (Å²) >= 11 is 0. The molecule has 1 aromatic rings. The number of methoxy groups -OCH3 is 1. The second-order valence-electron chi connectivity index (χ2n) is 6.42. The molecule has 0 radical (unpaired) electrons. The second-order valence-corrected chi connectivity index (χ2v) is 6.42. The summed E-state index contributed by atoms with van der Waals surface area (Å²) in [6.45, 7) is 6.33. The summed E-state index contributed by atoms with van der Waals surface area (Å²) in [5.74, 6) is 0.984. The molecule has 2 heterocycles. The van der Waals surface area contributed by atoms with E-state index in [1.165, 1.54) is 32.4 Å². The number of hydrogen-bond donors (Lipinski definition) is 0. The van der Waals surface area contributed by atoms with Crippen LogP contribution in [0.5, 0.6) is 0 Å². The number of nitrogens with zero attached hydrogens (tertiary/aromatic N) is 3. The zero-order valence-electron chi connectivity index (χ0n) is 13.1. The average molecular weight is 289 g/mol. The van der Waals surface area contributed by atoms with Gasteiger partial charge < -0.3 is 4.74 Å². The van der Waals surface area contributed by atoms with Crippen LogP contribution in [0.25, 0.3) is 0 Å². The van der Waals surface area contributed by atoms with E-state index in [-0.39, 0.29) is 0 Å². The molecule has 21 heavy (non-hydrogen) atoms. The first-order valence-corrected chi connectivity index (χ1v) is 8.20. The minimum atomic E-state index is 0.791. The monoisotopic (exact) mass is 289 g/mol. The van der Waals surface area contributed by atoms with Gasteiger partial charge in [-0.2, -0.15) is 0 Å². The SMILES string of the molecule is COCCN(CCN1C[C@H]2CC[C@@H]1C2)Cc1ccccn1. The van der Waals surface area contributed by atoms with E-state index in [1.807, 2.05) is 12.3 Å². The fraction of sp³-hybridized carbons (Fsp3) is 0.706. The smallest absolute Gasteiger partial charge is 0.0589 e. The van der Waals surface area contributed by atoms with Gasteiger partial charge in [-0.3, -0.25) is 14.8 Å². The molecule has 2 aliphatic rings.